The third kappa shape index (κ3) is 3.78. The molecule has 0 unspecified atom stereocenters. The van der Waals surface area contributed by atoms with Crippen molar-refractivity contribution >= 4 is 22.9 Å². The largest absolute Gasteiger partial charge is 0.444 e. The fourth-order valence-corrected chi connectivity index (χ4v) is 4.98. The molecule has 2 aliphatic carbocycles. The molecule has 3 fully saturated rings. The van der Waals surface area contributed by atoms with E-state index in [4.69, 9.17) is 9.72 Å². The first-order valence-electron chi connectivity index (χ1n) is 11.7. The van der Waals surface area contributed by atoms with Gasteiger partial charge in [-0.2, -0.15) is 5.26 Å². The Morgan fingerprint density at radius 1 is 1.22 bits per heavy atom. The van der Waals surface area contributed by atoms with Gasteiger partial charge in [-0.3, -0.25) is 0 Å². The zero-order valence-corrected chi connectivity index (χ0v) is 19.4. The van der Waals surface area contributed by atoms with Gasteiger partial charge in [0.2, 0.25) is 0 Å². The smallest absolute Gasteiger partial charge is 0.410 e. The molecular weight excluding hydrogens is 404 g/mol. The van der Waals surface area contributed by atoms with Crippen LogP contribution in [0, 0.1) is 17.2 Å². The fraction of sp³-hybridized carbons (Fsp3) is 0.667. The molecule has 32 heavy (non-hydrogen) atoms. The summed E-state index contributed by atoms with van der Waals surface area (Å²) < 4.78 is 7.87. The molecule has 1 amide bonds. The highest BCUT2D eigenvalue weighted by molar-refractivity contribution is 5.92. The maximum atomic E-state index is 12.6. The molecule has 1 saturated heterocycles. The van der Waals surface area contributed by atoms with E-state index in [0.717, 1.165) is 29.7 Å². The van der Waals surface area contributed by atoms with Crippen molar-refractivity contribution in [2.45, 2.75) is 77.0 Å². The number of amides is 1. The number of carbonyl (C=O) groups is 1. The highest BCUT2D eigenvalue weighted by Gasteiger charge is 2.37. The van der Waals surface area contributed by atoms with Gasteiger partial charge >= 0.3 is 6.09 Å². The summed E-state index contributed by atoms with van der Waals surface area (Å²) >= 11 is 0. The van der Waals surface area contributed by atoms with Crippen LogP contribution >= 0.6 is 0 Å². The van der Waals surface area contributed by atoms with Crippen LogP contribution in [0.3, 0.4) is 0 Å². The van der Waals surface area contributed by atoms with Crippen molar-refractivity contribution in [2.75, 3.05) is 24.5 Å². The molecule has 0 aromatic carbocycles. The van der Waals surface area contributed by atoms with Crippen molar-refractivity contribution in [1.82, 2.24) is 19.4 Å². The number of aromatic nitrogens is 3. The molecule has 2 saturated carbocycles. The van der Waals surface area contributed by atoms with Gasteiger partial charge in [-0.15, -0.1) is 0 Å². The van der Waals surface area contributed by atoms with Gasteiger partial charge in [-0.25, -0.2) is 14.8 Å². The van der Waals surface area contributed by atoms with Crippen LogP contribution in [0.25, 0.3) is 11.0 Å². The Bertz CT molecular complexity index is 1070. The molecule has 1 atom stereocenters. The molecule has 8 heteroatoms. The highest BCUT2D eigenvalue weighted by Crippen LogP contribution is 2.48. The number of carbonyl (C=O) groups excluding carboxylic acids is 1. The summed E-state index contributed by atoms with van der Waals surface area (Å²) in [6, 6.07) is 2.86. The Morgan fingerprint density at radius 3 is 2.59 bits per heavy atom. The Labute approximate surface area is 189 Å². The monoisotopic (exact) mass is 436 g/mol. The lowest BCUT2D eigenvalue weighted by atomic mass is 9.81. The van der Waals surface area contributed by atoms with Crippen molar-refractivity contribution in [2.24, 2.45) is 5.92 Å². The predicted molar refractivity (Wildman–Crippen MR) is 121 cm³/mol. The maximum Gasteiger partial charge on any atom is 0.410 e. The van der Waals surface area contributed by atoms with Crippen LogP contribution in [0.5, 0.6) is 0 Å². The van der Waals surface area contributed by atoms with Gasteiger partial charge in [0.15, 0.2) is 0 Å². The van der Waals surface area contributed by atoms with Crippen molar-refractivity contribution in [3.8, 4) is 6.07 Å². The summed E-state index contributed by atoms with van der Waals surface area (Å²) in [5, 5.41) is 10.4. The number of anilines is 1. The summed E-state index contributed by atoms with van der Waals surface area (Å²) in [4.78, 5) is 26.1. The molecule has 5 rings (SSSR count). The predicted octanol–water partition coefficient (Wildman–Crippen LogP) is 4.23. The van der Waals surface area contributed by atoms with Crippen LogP contribution in [0.1, 0.15) is 70.9 Å². The molecule has 1 aliphatic heterocycles. The van der Waals surface area contributed by atoms with E-state index in [-0.39, 0.29) is 18.1 Å². The normalized spacial score (nSPS) is 26.0. The average Bonchev–Trinajstić information content (AvgIpc) is 3.47. The Morgan fingerprint density at radius 2 is 1.97 bits per heavy atom. The van der Waals surface area contributed by atoms with E-state index in [1.165, 1.54) is 18.4 Å². The van der Waals surface area contributed by atoms with Gasteiger partial charge in [-0.05, 0) is 64.9 Å². The first kappa shape index (κ1) is 21.0. The Balaban J connectivity index is 1.43. The molecular formula is C24H32N6O2. The minimum absolute atomic E-state index is 0.122. The molecule has 8 nitrogen and oxygen atoms in total. The van der Waals surface area contributed by atoms with E-state index in [1.54, 1.807) is 11.2 Å². The van der Waals surface area contributed by atoms with Gasteiger partial charge in [0.05, 0.1) is 17.4 Å². The number of fused-ring (bicyclic) bond motifs is 1. The number of hydrogen-bond acceptors (Lipinski definition) is 6. The minimum Gasteiger partial charge on any atom is -0.444 e. The minimum atomic E-state index is -0.496. The van der Waals surface area contributed by atoms with Crippen LogP contribution in [-0.2, 0) is 4.74 Å². The van der Waals surface area contributed by atoms with E-state index in [1.807, 2.05) is 20.8 Å². The van der Waals surface area contributed by atoms with Crippen LogP contribution in [-0.4, -0.2) is 56.8 Å². The van der Waals surface area contributed by atoms with Crippen LogP contribution in [0.4, 0.5) is 10.6 Å². The standard InChI is InChI=1S/C24H32N6O2/c1-15-12-28(23(31)32-24(2,3)4)7-8-29(15)21-20-19(17-5-6-17)13-30(22(20)27-14-26-21)18-9-16(10-18)11-25/h13-18H,5-10,12H2,1-4H3/t15-,16?,18?/m0/s1. The van der Waals surface area contributed by atoms with Crippen LogP contribution < -0.4 is 4.90 Å². The van der Waals surface area contributed by atoms with Crippen molar-refractivity contribution in [3.05, 3.63) is 18.1 Å². The molecule has 2 aromatic rings. The fourth-order valence-electron chi connectivity index (χ4n) is 4.98. The summed E-state index contributed by atoms with van der Waals surface area (Å²) in [6.07, 6.45) is 7.91. The number of nitrogens with zero attached hydrogens (tertiary/aromatic N) is 6. The van der Waals surface area contributed by atoms with Gasteiger partial charge in [0.1, 0.15) is 23.4 Å². The lowest BCUT2D eigenvalue weighted by molar-refractivity contribution is 0.0218. The summed E-state index contributed by atoms with van der Waals surface area (Å²) in [5.41, 5.74) is 1.84. The van der Waals surface area contributed by atoms with Crippen molar-refractivity contribution in [3.63, 3.8) is 0 Å². The topological polar surface area (TPSA) is 87.3 Å². The summed E-state index contributed by atoms with van der Waals surface area (Å²) in [7, 11) is 0. The first-order chi connectivity index (χ1) is 15.2. The van der Waals surface area contributed by atoms with E-state index in [0.29, 0.717) is 31.6 Å². The molecule has 0 spiro atoms. The molecule has 3 heterocycles. The lowest BCUT2D eigenvalue weighted by Gasteiger charge is -2.41. The number of ether oxygens (including phenoxy) is 1. The van der Waals surface area contributed by atoms with Crippen molar-refractivity contribution < 1.29 is 9.53 Å². The second kappa shape index (κ2) is 7.65. The third-order valence-corrected chi connectivity index (χ3v) is 6.88. The summed E-state index contributed by atoms with van der Waals surface area (Å²) in [6.45, 7) is 9.75. The number of hydrogen-bond donors (Lipinski definition) is 0. The SMILES string of the molecule is C[C@H]1CN(C(=O)OC(C)(C)C)CCN1c1ncnc2c1c(C1CC1)cn2C1CC(C#N)C1. The Hall–Kier alpha value is -2.82. The van der Waals surface area contributed by atoms with Crippen LogP contribution in [0.15, 0.2) is 12.5 Å². The quantitative estimate of drug-likeness (QED) is 0.716. The molecule has 170 valence electrons. The van der Waals surface area contributed by atoms with Gasteiger partial charge in [-0.1, -0.05) is 0 Å². The van der Waals surface area contributed by atoms with E-state index in [2.05, 4.69) is 33.6 Å². The number of piperazine rings is 1. The average molecular weight is 437 g/mol. The zero-order chi connectivity index (χ0) is 22.6. The maximum absolute atomic E-state index is 12.6. The van der Waals surface area contributed by atoms with E-state index < -0.39 is 5.60 Å². The molecule has 2 aromatic heterocycles. The molecule has 3 aliphatic rings. The third-order valence-electron chi connectivity index (χ3n) is 6.88. The van der Waals surface area contributed by atoms with Gasteiger partial charge < -0.3 is 19.1 Å². The van der Waals surface area contributed by atoms with Gasteiger partial charge in [0, 0.05) is 37.9 Å². The van der Waals surface area contributed by atoms with E-state index >= 15 is 0 Å². The van der Waals surface area contributed by atoms with Gasteiger partial charge in [0.25, 0.3) is 0 Å². The summed E-state index contributed by atoms with van der Waals surface area (Å²) in [5.74, 6) is 1.71. The van der Waals surface area contributed by atoms with Crippen LogP contribution in [0.2, 0.25) is 0 Å². The molecule has 0 radical (unpaired) electrons. The number of rotatable bonds is 3. The second-order valence-electron chi connectivity index (χ2n) is 10.6. The molecule has 0 N–H and O–H groups in total. The zero-order valence-electron chi connectivity index (χ0n) is 19.4. The highest BCUT2D eigenvalue weighted by atomic mass is 16.6. The first-order valence-corrected chi connectivity index (χ1v) is 11.7. The second-order valence-corrected chi connectivity index (χ2v) is 10.6. The Kier molecular flexibility index (Phi) is 5.03. The van der Waals surface area contributed by atoms with Crippen molar-refractivity contribution in [1.29, 1.82) is 5.26 Å². The lowest BCUT2D eigenvalue weighted by Crippen LogP contribution is -2.54. The number of nitriles is 1. The van der Waals surface area contributed by atoms with E-state index in [9.17, 15) is 10.1 Å². The molecule has 0 bridgehead atoms.